The third-order valence-corrected chi connectivity index (χ3v) is 3.56. The Morgan fingerprint density at radius 3 is 2.36 bits per heavy atom. The molecule has 5 heteroatoms. The third-order valence-electron chi connectivity index (χ3n) is 3.56. The number of halogens is 1. The summed E-state index contributed by atoms with van der Waals surface area (Å²) < 4.78 is 5.17. The van der Waals surface area contributed by atoms with Crippen LogP contribution in [0.4, 0.5) is 0 Å². The number of benzene rings is 1. The maximum atomic E-state index is 5.85. The Balaban J connectivity index is 0.00000441. The SMILES string of the molecule is COc1ccc(C(C)CCN=C(N)NCCC(C)C)cc1.I. The van der Waals surface area contributed by atoms with Crippen molar-refractivity contribution in [2.24, 2.45) is 16.6 Å². The number of rotatable bonds is 8. The Labute approximate surface area is 151 Å². The number of hydrogen-bond acceptors (Lipinski definition) is 2. The fourth-order valence-corrected chi connectivity index (χ4v) is 2.02. The summed E-state index contributed by atoms with van der Waals surface area (Å²) in [5, 5.41) is 3.15. The average Bonchev–Trinajstić information content (AvgIpc) is 2.46. The Morgan fingerprint density at radius 2 is 1.82 bits per heavy atom. The first-order valence-corrected chi connectivity index (χ1v) is 7.70. The van der Waals surface area contributed by atoms with E-state index in [9.17, 15) is 0 Å². The van der Waals surface area contributed by atoms with Crippen molar-refractivity contribution in [2.45, 2.75) is 39.5 Å². The van der Waals surface area contributed by atoms with Crippen LogP contribution in [0.25, 0.3) is 0 Å². The molecule has 0 aliphatic heterocycles. The van der Waals surface area contributed by atoms with E-state index in [1.54, 1.807) is 7.11 Å². The number of aliphatic imine (C=N–C) groups is 1. The first-order valence-electron chi connectivity index (χ1n) is 7.70. The summed E-state index contributed by atoms with van der Waals surface area (Å²) in [5.74, 6) is 2.59. The van der Waals surface area contributed by atoms with Crippen molar-refractivity contribution in [1.82, 2.24) is 5.32 Å². The van der Waals surface area contributed by atoms with Gasteiger partial charge >= 0.3 is 0 Å². The summed E-state index contributed by atoms with van der Waals surface area (Å²) in [5.41, 5.74) is 7.15. The van der Waals surface area contributed by atoms with Crippen LogP contribution < -0.4 is 15.8 Å². The summed E-state index contributed by atoms with van der Waals surface area (Å²) in [6.45, 7) is 8.24. The molecule has 0 saturated carbocycles. The van der Waals surface area contributed by atoms with Crippen LogP contribution in [-0.4, -0.2) is 26.2 Å². The van der Waals surface area contributed by atoms with E-state index in [-0.39, 0.29) is 24.0 Å². The van der Waals surface area contributed by atoms with Gasteiger partial charge in [0.1, 0.15) is 5.75 Å². The second-order valence-electron chi connectivity index (χ2n) is 5.84. The number of nitrogens with one attached hydrogen (secondary N) is 1. The monoisotopic (exact) mass is 419 g/mol. The summed E-state index contributed by atoms with van der Waals surface area (Å²) in [6, 6.07) is 8.21. The van der Waals surface area contributed by atoms with Gasteiger partial charge < -0.3 is 15.8 Å². The van der Waals surface area contributed by atoms with Crippen LogP contribution in [0, 0.1) is 5.92 Å². The highest BCUT2D eigenvalue weighted by Crippen LogP contribution is 2.21. The molecule has 0 saturated heterocycles. The molecule has 1 rings (SSSR count). The molecule has 1 atom stereocenters. The molecule has 0 aromatic heterocycles. The van der Waals surface area contributed by atoms with Gasteiger partial charge in [0.15, 0.2) is 5.96 Å². The van der Waals surface area contributed by atoms with Crippen LogP contribution in [0.1, 0.15) is 45.1 Å². The van der Waals surface area contributed by atoms with E-state index < -0.39 is 0 Å². The predicted octanol–water partition coefficient (Wildman–Crippen LogP) is 3.76. The molecule has 0 aliphatic rings. The van der Waals surface area contributed by atoms with Gasteiger partial charge in [0.2, 0.25) is 0 Å². The van der Waals surface area contributed by atoms with Crippen molar-refractivity contribution in [1.29, 1.82) is 0 Å². The number of methoxy groups -OCH3 is 1. The van der Waals surface area contributed by atoms with Gasteiger partial charge in [-0.3, -0.25) is 4.99 Å². The van der Waals surface area contributed by atoms with E-state index in [2.05, 4.69) is 43.2 Å². The molecule has 1 unspecified atom stereocenters. The summed E-state index contributed by atoms with van der Waals surface area (Å²) >= 11 is 0. The zero-order valence-electron chi connectivity index (χ0n) is 14.1. The Kier molecular flexibility index (Phi) is 11.1. The van der Waals surface area contributed by atoms with E-state index in [4.69, 9.17) is 10.5 Å². The van der Waals surface area contributed by atoms with Crippen molar-refractivity contribution < 1.29 is 4.74 Å². The fraction of sp³-hybridized carbons (Fsp3) is 0.588. The maximum absolute atomic E-state index is 5.85. The van der Waals surface area contributed by atoms with Gasteiger partial charge in [-0.25, -0.2) is 0 Å². The molecule has 0 radical (unpaired) electrons. The molecule has 0 amide bonds. The molecule has 3 N–H and O–H groups in total. The normalized spacial score (nSPS) is 12.7. The van der Waals surface area contributed by atoms with Crippen LogP contribution >= 0.6 is 24.0 Å². The number of nitrogens with zero attached hydrogens (tertiary/aromatic N) is 1. The first-order chi connectivity index (χ1) is 10.0. The summed E-state index contributed by atoms with van der Waals surface area (Å²) in [7, 11) is 1.68. The van der Waals surface area contributed by atoms with E-state index >= 15 is 0 Å². The van der Waals surface area contributed by atoms with Crippen molar-refractivity contribution >= 4 is 29.9 Å². The molecule has 0 fully saturated rings. The van der Waals surface area contributed by atoms with Crippen LogP contribution in [0.3, 0.4) is 0 Å². The molecule has 1 aromatic carbocycles. The van der Waals surface area contributed by atoms with Crippen LogP contribution in [-0.2, 0) is 0 Å². The molecule has 0 heterocycles. The lowest BCUT2D eigenvalue weighted by Gasteiger charge is -2.12. The highest BCUT2D eigenvalue weighted by Gasteiger charge is 2.05. The molecule has 0 aliphatic carbocycles. The molecule has 1 aromatic rings. The largest absolute Gasteiger partial charge is 0.497 e. The Morgan fingerprint density at radius 1 is 1.18 bits per heavy atom. The first kappa shape index (κ1) is 21.0. The average molecular weight is 419 g/mol. The minimum atomic E-state index is 0. The Bertz CT molecular complexity index is 432. The second kappa shape index (κ2) is 11.6. The van der Waals surface area contributed by atoms with Gasteiger partial charge in [-0.05, 0) is 42.4 Å². The van der Waals surface area contributed by atoms with Crippen molar-refractivity contribution in [3.63, 3.8) is 0 Å². The number of hydrogen-bond donors (Lipinski definition) is 2. The minimum absolute atomic E-state index is 0. The van der Waals surface area contributed by atoms with Crippen molar-refractivity contribution in [3.8, 4) is 5.75 Å². The van der Waals surface area contributed by atoms with E-state index in [0.717, 1.165) is 31.7 Å². The third kappa shape index (κ3) is 8.46. The molecule has 0 bridgehead atoms. The van der Waals surface area contributed by atoms with Crippen molar-refractivity contribution in [3.05, 3.63) is 29.8 Å². The number of nitrogens with two attached hydrogens (primary N) is 1. The van der Waals surface area contributed by atoms with Gasteiger partial charge in [-0.15, -0.1) is 24.0 Å². The van der Waals surface area contributed by atoms with Crippen molar-refractivity contribution in [2.75, 3.05) is 20.2 Å². The lowest BCUT2D eigenvalue weighted by molar-refractivity contribution is 0.414. The minimum Gasteiger partial charge on any atom is -0.497 e. The number of guanidine groups is 1. The van der Waals surface area contributed by atoms with Crippen LogP contribution in [0.5, 0.6) is 5.75 Å². The zero-order valence-corrected chi connectivity index (χ0v) is 16.5. The molecule has 22 heavy (non-hydrogen) atoms. The highest BCUT2D eigenvalue weighted by molar-refractivity contribution is 14.0. The highest BCUT2D eigenvalue weighted by atomic mass is 127. The lowest BCUT2D eigenvalue weighted by atomic mass is 9.98. The van der Waals surface area contributed by atoms with E-state index in [0.29, 0.717) is 17.8 Å². The van der Waals surface area contributed by atoms with Crippen LogP contribution in [0.2, 0.25) is 0 Å². The molecule has 126 valence electrons. The Hall–Kier alpha value is -0.980. The van der Waals surface area contributed by atoms with Gasteiger partial charge in [0.05, 0.1) is 7.11 Å². The second-order valence-corrected chi connectivity index (χ2v) is 5.84. The predicted molar refractivity (Wildman–Crippen MR) is 105 cm³/mol. The summed E-state index contributed by atoms with van der Waals surface area (Å²) in [4.78, 5) is 4.38. The van der Waals surface area contributed by atoms with Gasteiger partial charge in [-0.2, -0.15) is 0 Å². The van der Waals surface area contributed by atoms with E-state index in [1.807, 2.05) is 12.1 Å². The van der Waals surface area contributed by atoms with Gasteiger partial charge in [-0.1, -0.05) is 32.9 Å². The van der Waals surface area contributed by atoms with Crippen LogP contribution in [0.15, 0.2) is 29.3 Å². The van der Waals surface area contributed by atoms with Gasteiger partial charge in [0, 0.05) is 13.1 Å². The fourth-order valence-electron chi connectivity index (χ4n) is 2.02. The summed E-state index contributed by atoms with van der Waals surface area (Å²) in [6.07, 6.45) is 2.09. The topological polar surface area (TPSA) is 59.6 Å². The van der Waals surface area contributed by atoms with Gasteiger partial charge in [0.25, 0.3) is 0 Å². The molecule has 4 nitrogen and oxygen atoms in total. The lowest BCUT2D eigenvalue weighted by Crippen LogP contribution is -2.33. The maximum Gasteiger partial charge on any atom is 0.188 e. The standard InChI is InChI=1S/C17H29N3O.HI/c1-13(2)9-11-19-17(18)20-12-10-14(3)15-5-7-16(21-4)8-6-15;/h5-8,13-14H,9-12H2,1-4H3,(H3,18,19,20);1H. The molecule has 0 spiro atoms. The smallest absolute Gasteiger partial charge is 0.188 e. The van der Waals surface area contributed by atoms with E-state index in [1.165, 1.54) is 5.56 Å². The zero-order chi connectivity index (χ0) is 15.7. The quantitative estimate of drug-likeness (QED) is 0.383. The number of ether oxygens (including phenoxy) is 1. The molecular formula is C17H30IN3O. The molecular weight excluding hydrogens is 389 g/mol.